The van der Waals surface area contributed by atoms with Gasteiger partial charge in [-0.15, -0.1) is 0 Å². The van der Waals surface area contributed by atoms with Gasteiger partial charge in [0.1, 0.15) is 0 Å². The molecule has 1 aliphatic rings. The van der Waals surface area contributed by atoms with Gasteiger partial charge < -0.3 is 9.64 Å². The Kier molecular flexibility index (Phi) is 5.25. The van der Waals surface area contributed by atoms with Gasteiger partial charge in [0.2, 0.25) is 0 Å². The first-order valence-corrected chi connectivity index (χ1v) is 7.35. The van der Waals surface area contributed by atoms with Crippen molar-refractivity contribution in [3.8, 4) is 0 Å². The molecule has 0 amide bonds. The summed E-state index contributed by atoms with van der Waals surface area (Å²) < 4.78 is 6.70. The van der Waals surface area contributed by atoms with Crippen LogP contribution in [0.25, 0.3) is 0 Å². The van der Waals surface area contributed by atoms with Crippen LogP contribution in [0.4, 0.5) is 0 Å². The first-order valence-electron chi connectivity index (χ1n) is 6.27. The molecule has 1 heterocycles. The van der Waals surface area contributed by atoms with E-state index in [0.717, 1.165) is 6.42 Å². The lowest BCUT2D eigenvalue weighted by Gasteiger charge is -2.31. The van der Waals surface area contributed by atoms with Crippen molar-refractivity contribution in [2.24, 2.45) is 0 Å². The lowest BCUT2D eigenvalue weighted by Crippen LogP contribution is -2.37. The van der Waals surface area contributed by atoms with Crippen molar-refractivity contribution in [3.63, 3.8) is 0 Å². The summed E-state index contributed by atoms with van der Waals surface area (Å²) in [6, 6.07) is 8.85. The second-order valence-corrected chi connectivity index (χ2v) is 5.90. The molecule has 0 bridgehead atoms. The number of hydrogen-bond acceptors (Lipinski definition) is 2. The molecule has 94 valence electrons. The van der Waals surface area contributed by atoms with Gasteiger partial charge in [-0.05, 0) is 59.5 Å². The highest BCUT2D eigenvalue weighted by atomic mass is 127. The lowest BCUT2D eigenvalue weighted by atomic mass is 10.1. The standard InChI is InChI=1S/C14H20INO/c1-17-14-7-10-16(11-8-14)9-6-12-2-4-13(15)5-3-12/h2-5,14H,6-11H2,1H3. The second-order valence-electron chi connectivity index (χ2n) is 4.65. The smallest absolute Gasteiger partial charge is 0.0595 e. The summed E-state index contributed by atoms with van der Waals surface area (Å²) in [6.45, 7) is 3.54. The fourth-order valence-corrected chi connectivity index (χ4v) is 2.67. The first-order chi connectivity index (χ1) is 8.28. The molecule has 2 rings (SSSR count). The van der Waals surface area contributed by atoms with E-state index in [1.807, 2.05) is 7.11 Å². The van der Waals surface area contributed by atoms with Gasteiger partial charge in [-0.1, -0.05) is 12.1 Å². The summed E-state index contributed by atoms with van der Waals surface area (Å²) in [4.78, 5) is 2.55. The van der Waals surface area contributed by atoms with E-state index in [9.17, 15) is 0 Å². The van der Waals surface area contributed by atoms with E-state index >= 15 is 0 Å². The van der Waals surface area contributed by atoms with E-state index in [2.05, 4.69) is 51.8 Å². The van der Waals surface area contributed by atoms with Gasteiger partial charge >= 0.3 is 0 Å². The molecular formula is C14H20INO. The summed E-state index contributed by atoms with van der Waals surface area (Å²) in [7, 11) is 1.83. The topological polar surface area (TPSA) is 12.5 Å². The minimum absolute atomic E-state index is 0.490. The summed E-state index contributed by atoms with van der Waals surface area (Å²) in [5.41, 5.74) is 1.44. The van der Waals surface area contributed by atoms with Gasteiger partial charge in [0.05, 0.1) is 6.10 Å². The van der Waals surface area contributed by atoms with Crippen LogP contribution in [0.1, 0.15) is 18.4 Å². The van der Waals surface area contributed by atoms with Crippen LogP contribution in [0.2, 0.25) is 0 Å². The van der Waals surface area contributed by atoms with Crippen molar-refractivity contribution < 1.29 is 4.74 Å². The number of nitrogens with zero attached hydrogens (tertiary/aromatic N) is 1. The predicted molar refractivity (Wildman–Crippen MR) is 79.3 cm³/mol. The van der Waals surface area contributed by atoms with Crippen LogP contribution in [0.5, 0.6) is 0 Å². The zero-order valence-electron chi connectivity index (χ0n) is 10.4. The Hall–Kier alpha value is -0.130. The van der Waals surface area contributed by atoms with E-state index in [1.165, 1.54) is 41.6 Å². The van der Waals surface area contributed by atoms with E-state index in [1.54, 1.807) is 0 Å². The fraction of sp³-hybridized carbons (Fsp3) is 0.571. The molecule has 1 aromatic carbocycles. The Morgan fingerprint density at radius 3 is 2.47 bits per heavy atom. The number of rotatable bonds is 4. The number of piperidine rings is 1. The van der Waals surface area contributed by atoms with E-state index in [0.29, 0.717) is 6.10 Å². The van der Waals surface area contributed by atoms with Crippen molar-refractivity contribution in [2.75, 3.05) is 26.7 Å². The summed E-state index contributed by atoms with van der Waals surface area (Å²) >= 11 is 2.35. The van der Waals surface area contributed by atoms with Crippen LogP contribution in [-0.2, 0) is 11.2 Å². The van der Waals surface area contributed by atoms with E-state index < -0.39 is 0 Å². The Balaban J connectivity index is 1.74. The highest BCUT2D eigenvalue weighted by Gasteiger charge is 2.17. The SMILES string of the molecule is COC1CCN(CCc2ccc(I)cc2)CC1. The molecule has 1 aromatic rings. The summed E-state index contributed by atoms with van der Waals surface area (Å²) in [5, 5.41) is 0. The zero-order chi connectivity index (χ0) is 12.1. The predicted octanol–water partition coefficient (Wildman–Crippen LogP) is 2.94. The maximum Gasteiger partial charge on any atom is 0.0595 e. The fourth-order valence-electron chi connectivity index (χ4n) is 2.31. The summed E-state index contributed by atoms with van der Waals surface area (Å²) in [5.74, 6) is 0. The molecule has 0 aliphatic carbocycles. The van der Waals surface area contributed by atoms with Crippen LogP contribution in [-0.4, -0.2) is 37.7 Å². The normalized spacial score (nSPS) is 18.5. The lowest BCUT2D eigenvalue weighted by molar-refractivity contribution is 0.0415. The zero-order valence-corrected chi connectivity index (χ0v) is 12.5. The molecule has 0 radical (unpaired) electrons. The van der Waals surface area contributed by atoms with Gasteiger partial charge in [0.25, 0.3) is 0 Å². The van der Waals surface area contributed by atoms with Gasteiger partial charge in [0, 0.05) is 30.3 Å². The molecule has 0 N–H and O–H groups in total. The molecule has 0 aromatic heterocycles. The average Bonchev–Trinajstić information content (AvgIpc) is 2.39. The molecule has 0 spiro atoms. The molecule has 17 heavy (non-hydrogen) atoms. The number of hydrogen-bond donors (Lipinski definition) is 0. The van der Waals surface area contributed by atoms with Gasteiger partial charge in [-0.2, -0.15) is 0 Å². The maximum atomic E-state index is 5.39. The minimum atomic E-state index is 0.490. The maximum absolute atomic E-state index is 5.39. The Morgan fingerprint density at radius 2 is 1.88 bits per heavy atom. The third-order valence-electron chi connectivity index (χ3n) is 3.50. The second kappa shape index (κ2) is 6.71. The number of halogens is 1. The first kappa shape index (κ1) is 13.3. The van der Waals surface area contributed by atoms with Crippen molar-refractivity contribution in [1.29, 1.82) is 0 Å². The van der Waals surface area contributed by atoms with Crippen LogP contribution in [0.15, 0.2) is 24.3 Å². The van der Waals surface area contributed by atoms with Crippen molar-refractivity contribution in [2.45, 2.75) is 25.4 Å². The van der Waals surface area contributed by atoms with Crippen molar-refractivity contribution in [1.82, 2.24) is 4.90 Å². The quantitative estimate of drug-likeness (QED) is 0.778. The molecule has 1 fully saturated rings. The van der Waals surface area contributed by atoms with E-state index in [-0.39, 0.29) is 0 Å². The van der Waals surface area contributed by atoms with Crippen molar-refractivity contribution in [3.05, 3.63) is 33.4 Å². The molecule has 3 heteroatoms. The monoisotopic (exact) mass is 345 g/mol. The third kappa shape index (κ3) is 4.23. The Bertz CT molecular complexity index is 331. The Labute approximate surface area is 117 Å². The van der Waals surface area contributed by atoms with Crippen LogP contribution in [0.3, 0.4) is 0 Å². The molecule has 0 atom stereocenters. The number of benzene rings is 1. The highest BCUT2D eigenvalue weighted by molar-refractivity contribution is 14.1. The van der Waals surface area contributed by atoms with E-state index in [4.69, 9.17) is 4.74 Å². The summed E-state index contributed by atoms with van der Waals surface area (Å²) in [6.07, 6.45) is 4.02. The molecule has 2 nitrogen and oxygen atoms in total. The van der Waals surface area contributed by atoms with Crippen LogP contribution < -0.4 is 0 Å². The van der Waals surface area contributed by atoms with Gasteiger partial charge in [0.15, 0.2) is 0 Å². The molecule has 1 saturated heterocycles. The molecular weight excluding hydrogens is 325 g/mol. The number of ether oxygens (including phenoxy) is 1. The molecule has 0 saturated carbocycles. The highest BCUT2D eigenvalue weighted by Crippen LogP contribution is 2.14. The Morgan fingerprint density at radius 1 is 1.24 bits per heavy atom. The third-order valence-corrected chi connectivity index (χ3v) is 4.22. The minimum Gasteiger partial charge on any atom is -0.381 e. The van der Waals surface area contributed by atoms with Gasteiger partial charge in [-0.3, -0.25) is 0 Å². The average molecular weight is 345 g/mol. The largest absolute Gasteiger partial charge is 0.381 e. The van der Waals surface area contributed by atoms with Gasteiger partial charge in [-0.25, -0.2) is 0 Å². The molecule has 1 aliphatic heterocycles. The van der Waals surface area contributed by atoms with Crippen molar-refractivity contribution >= 4 is 22.6 Å². The van der Waals surface area contributed by atoms with Crippen LogP contribution in [0, 0.1) is 3.57 Å². The molecule has 0 unspecified atom stereocenters. The number of methoxy groups -OCH3 is 1. The number of likely N-dealkylation sites (tertiary alicyclic amines) is 1. The van der Waals surface area contributed by atoms with Crippen LogP contribution >= 0.6 is 22.6 Å².